The molecule has 3 aromatic rings. The summed E-state index contributed by atoms with van der Waals surface area (Å²) in [5.74, 6) is 1.74. The van der Waals surface area contributed by atoms with Gasteiger partial charge in [-0.25, -0.2) is 0 Å². The normalized spacial score (nSPS) is 14.2. The highest BCUT2D eigenvalue weighted by atomic mass is 16.1. The second-order valence-corrected chi connectivity index (χ2v) is 9.58. The molecule has 156 valence electrons. The van der Waals surface area contributed by atoms with E-state index < -0.39 is 0 Å². The van der Waals surface area contributed by atoms with Crippen LogP contribution >= 0.6 is 0 Å². The molecule has 4 rings (SSSR count). The van der Waals surface area contributed by atoms with Gasteiger partial charge in [-0.2, -0.15) is 0 Å². The lowest BCUT2D eigenvalue weighted by molar-refractivity contribution is 0.0919. The fraction of sp³-hybridized carbons (Fsp3) is 0.400. The maximum atomic E-state index is 13.0. The molecular formula is C25H30N4O. The van der Waals surface area contributed by atoms with Gasteiger partial charge < -0.3 is 5.32 Å². The molecule has 0 unspecified atom stereocenters. The molecule has 1 heterocycles. The average Bonchev–Trinajstić information content (AvgIpc) is 3.42. The van der Waals surface area contributed by atoms with E-state index in [1.165, 1.54) is 18.4 Å². The first-order valence-electron chi connectivity index (χ1n) is 10.7. The number of carbonyl (C=O) groups excluding carboxylic acids is 1. The Labute approximate surface area is 178 Å². The van der Waals surface area contributed by atoms with Gasteiger partial charge in [-0.05, 0) is 74.4 Å². The molecule has 1 amide bonds. The Balaban J connectivity index is 1.79. The van der Waals surface area contributed by atoms with Gasteiger partial charge in [-0.15, -0.1) is 10.2 Å². The van der Waals surface area contributed by atoms with E-state index in [1.54, 1.807) is 6.33 Å². The van der Waals surface area contributed by atoms with Crippen molar-refractivity contribution in [2.24, 2.45) is 0 Å². The molecular weight excluding hydrogens is 372 g/mol. The Morgan fingerprint density at radius 3 is 2.37 bits per heavy atom. The van der Waals surface area contributed by atoms with Gasteiger partial charge in [0.2, 0.25) is 0 Å². The summed E-state index contributed by atoms with van der Waals surface area (Å²) in [6.45, 7) is 10.1. The summed E-state index contributed by atoms with van der Waals surface area (Å²) in [5, 5.41) is 11.5. The zero-order chi connectivity index (χ0) is 21.5. The Bertz CT molecular complexity index is 1050. The van der Waals surface area contributed by atoms with Crippen molar-refractivity contribution < 1.29 is 4.79 Å². The van der Waals surface area contributed by atoms with Crippen LogP contribution in [-0.4, -0.2) is 26.2 Å². The minimum Gasteiger partial charge on any atom is -0.347 e. The standard InChI is InChI=1S/C25H30N4O/c1-16(2)23-28-26-15-29(23)22-13-20(12-21(14-22)24(30)27-25(3,4)5)19-10-8-18(9-11-19)17-6-7-17/h8-17H,6-7H2,1-5H3,(H,27,30). The van der Waals surface area contributed by atoms with Gasteiger partial charge in [0.1, 0.15) is 12.2 Å². The summed E-state index contributed by atoms with van der Waals surface area (Å²) >= 11 is 0. The van der Waals surface area contributed by atoms with Gasteiger partial charge in [0.25, 0.3) is 5.91 Å². The molecule has 1 aromatic heterocycles. The summed E-state index contributed by atoms with van der Waals surface area (Å²) in [6, 6.07) is 14.7. The highest BCUT2D eigenvalue weighted by Gasteiger charge is 2.23. The molecule has 0 radical (unpaired) electrons. The van der Waals surface area contributed by atoms with Crippen LogP contribution in [-0.2, 0) is 0 Å². The van der Waals surface area contributed by atoms with Crippen LogP contribution < -0.4 is 5.32 Å². The Kier molecular flexibility index (Phi) is 5.22. The number of amides is 1. The predicted octanol–water partition coefficient (Wildman–Crippen LogP) is 5.46. The van der Waals surface area contributed by atoms with Gasteiger partial charge in [0.15, 0.2) is 0 Å². The van der Waals surface area contributed by atoms with Crippen LogP contribution in [0.3, 0.4) is 0 Å². The van der Waals surface area contributed by atoms with E-state index in [-0.39, 0.29) is 17.4 Å². The van der Waals surface area contributed by atoms with Crippen molar-refractivity contribution in [3.8, 4) is 16.8 Å². The van der Waals surface area contributed by atoms with Gasteiger partial charge in [-0.3, -0.25) is 9.36 Å². The van der Waals surface area contributed by atoms with E-state index in [1.807, 2.05) is 37.5 Å². The van der Waals surface area contributed by atoms with Crippen LogP contribution in [0.25, 0.3) is 16.8 Å². The lowest BCUT2D eigenvalue weighted by Crippen LogP contribution is -2.40. The molecule has 0 spiro atoms. The van der Waals surface area contributed by atoms with Crippen LogP contribution in [0.4, 0.5) is 0 Å². The topological polar surface area (TPSA) is 59.8 Å². The number of rotatable bonds is 5. The van der Waals surface area contributed by atoms with Crippen molar-refractivity contribution in [1.82, 2.24) is 20.1 Å². The highest BCUT2D eigenvalue weighted by Crippen LogP contribution is 2.40. The maximum Gasteiger partial charge on any atom is 0.251 e. The first kappa shape index (κ1) is 20.3. The van der Waals surface area contributed by atoms with Crippen LogP contribution in [0, 0.1) is 0 Å². The van der Waals surface area contributed by atoms with E-state index in [2.05, 4.69) is 59.7 Å². The smallest absolute Gasteiger partial charge is 0.251 e. The van der Waals surface area contributed by atoms with Gasteiger partial charge in [0, 0.05) is 22.7 Å². The third-order valence-electron chi connectivity index (χ3n) is 5.33. The van der Waals surface area contributed by atoms with Crippen LogP contribution in [0.2, 0.25) is 0 Å². The van der Waals surface area contributed by atoms with E-state index in [0.717, 1.165) is 28.6 Å². The van der Waals surface area contributed by atoms with E-state index >= 15 is 0 Å². The molecule has 0 aliphatic heterocycles. The maximum absolute atomic E-state index is 13.0. The number of hydrogen-bond donors (Lipinski definition) is 1. The zero-order valence-corrected chi connectivity index (χ0v) is 18.4. The molecule has 1 aliphatic rings. The predicted molar refractivity (Wildman–Crippen MR) is 120 cm³/mol. The van der Waals surface area contributed by atoms with Crippen molar-refractivity contribution in [3.63, 3.8) is 0 Å². The number of hydrogen-bond acceptors (Lipinski definition) is 3. The lowest BCUT2D eigenvalue weighted by Gasteiger charge is -2.21. The molecule has 0 saturated heterocycles. The first-order chi connectivity index (χ1) is 14.2. The van der Waals surface area contributed by atoms with Crippen LogP contribution in [0.1, 0.15) is 81.0 Å². The number of carbonyl (C=O) groups is 1. The Morgan fingerprint density at radius 1 is 1.07 bits per heavy atom. The number of nitrogens with one attached hydrogen (secondary N) is 1. The number of nitrogens with zero attached hydrogens (tertiary/aromatic N) is 3. The molecule has 5 nitrogen and oxygen atoms in total. The number of benzene rings is 2. The summed E-state index contributed by atoms with van der Waals surface area (Å²) in [4.78, 5) is 13.0. The highest BCUT2D eigenvalue weighted by molar-refractivity contribution is 5.96. The largest absolute Gasteiger partial charge is 0.347 e. The average molecular weight is 403 g/mol. The van der Waals surface area contributed by atoms with Gasteiger partial charge >= 0.3 is 0 Å². The lowest BCUT2D eigenvalue weighted by atomic mass is 9.98. The molecule has 1 fully saturated rings. The number of aromatic nitrogens is 3. The monoisotopic (exact) mass is 402 g/mol. The summed E-state index contributed by atoms with van der Waals surface area (Å²) in [6.07, 6.45) is 4.30. The van der Waals surface area contributed by atoms with E-state index in [4.69, 9.17) is 0 Å². The minimum absolute atomic E-state index is 0.0839. The quantitative estimate of drug-likeness (QED) is 0.616. The van der Waals surface area contributed by atoms with E-state index in [9.17, 15) is 4.79 Å². The second-order valence-electron chi connectivity index (χ2n) is 9.58. The zero-order valence-electron chi connectivity index (χ0n) is 18.4. The van der Waals surface area contributed by atoms with Crippen molar-refractivity contribution in [2.75, 3.05) is 0 Å². The summed E-state index contributed by atoms with van der Waals surface area (Å²) in [7, 11) is 0. The van der Waals surface area contributed by atoms with Gasteiger partial charge in [-0.1, -0.05) is 38.1 Å². The van der Waals surface area contributed by atoms with Crippen molar-refractivity contribution in [2.45, 2.75) is 64.8 Å². The molecule has 30 heavy (non-hydrogen) atoms. The molecule has 1 N–H and O–H groups in total. The SMILES string of the molecule is CC(C)c1nncn1-c1cc(C(=O)NC(C)(C)C)cc(-c2ccc(C3CC3)cc2)c1. The minimum atomic E-state index is -0.307. The molecule has 0 atom stereocenters. The van der Waals surface area contributed by atoms with Crippen LogP contribution in [0.15, 0.2) is 48.8 Å². The third-order valence-corrected chi connectivity index (χ3v) is 5.33. The second kappa shape index (κ2) is 7.71. The third kappa shape index (κ3) is 4.45. The van der Waals surface area contributed by atoms with Crippen molar-refractivity contribution in [1.29, 1.82) is 0 Å². The first-order valence-corrected chi connectivity index (χ1v) is 10.7. The Hall–Kier alpha value is -2.95. The summed E-state index contributed by atoms with van der Waals surface area (Å²) in [5.41, 5.74) is 4.74. The molecule has 1 saturated carbocycles. The van der Waals surface area contributed by atoms with E-state index in [0.29, 0.717) is 5.56 Å². The fourth-order valence-electron chi connectivity index (χ4n) is 3.66. The summed E-state index contributed by atoms with van der Waals surface area (Å²) < 4.78 is 1.97. The molecule has 1 aliphatic carbocycles. The van der Waals surface area contributed by atoms with Crippen molar-refractivity contribution in [3.05, 3.63) is 65.7 Å². The molecule has 2 aromatic carbocycles. The van der Waals surface area contributed by atoms with Gasteiger partial charge in [0.05, 0.1) is 0 Å². The fourth-order valence-corrected chi connectivity index (χ4v) is 3.66. The Morgan fingerprint density at radius 2 is 1.77 bits per heavy atom. The molecule has 0 bridgehead atoms. The van der Waals surface area contributed by atoms with Crippen molar-refractivity contribution >= 4 is 5.91 Å². The van der Waals surface area contributed by atoms with Crippen LogP contribution in [0.5, 0.6) is 0 Å². The molecule has 5 heteroatoms.